The molecule has 0 spiro atoms. The van der Waals surface area contributed by atoms with Gasteiger partial charge in [-0.2, -0.15) is 10.2 Å². The molecule has 31 heavy (non-hydrogen) atoms. The number of halogens is 1. The van der Waals surface area contributed by atoms with Crippen LogP contribution >= 0.6 is 0 Å². The van der Waals surface area contributed by atoms with Crippen LogP contribution in [-0.4, -0.2) is 16.8 Å². The van der Waals surface area contributed by atoms with E-state index < -0.39 is 0 Å². The number of benzene rings is 1. The van der Waals surface area contributed by atoms with E-state index in [1.165, 1.54) is 57.4 Å². The highest BCUT2D eigenvalue weighted by atomic mass is 19.1. The topological polar surface area (TPSA) is 35.0 Å². The lowest BCUT2D eigenvalue weighted by molar-refractivity contribution is 0.249. The van der Waals surface area contributed by atoms with Crippen LogP contribution in [0.25, 0.3) is 11.3 Å². The maximum Gasteiger partial charge on any atom is 0.136 e. The summed E-state index contributed by atoms with van der Waals surface area (Å²) in [6.45, 7) is 5.06. The molecule has 1 saturated carbocycles. The summed E-state index contributed by atoms with van der Waals surface area (Å²) >= 11 is 0. The minimum Gasteiger partial charge on any atom is -0.493 e. The van der Waals surface area contributed by atoms with Crippen molar-refractivity contribution in [2.24, 2.45) is 11.8 Å². The Balaban J connectivity index is 1.47. The molecule has 0 saturated heterocycles. The first-order valence-corrected chi connectivity index (χ1v) is 12.4. The summed E-state index contributed by atoms with van der Waals surface area (Å²) in [5.74, 6) is 2.04. The van der Waals surface area contributed by atoms with Crippen LogP contribution in [0.15, 0.2) is 30.3 Å². The van der Waals surface area contributed by atoms with Gasteiger partial charge in [0.25, 0.3) is 0 Å². The number of hydrogen-bond acceptors (Lipinski definition) is 3. The Labute approximate surface area is 187 Å². The average Bonchev–Trinajstić information content (AvgIpc) is 2.80. The molecule has 0 amide bonds. The Morgan fingerprint density at radius 2 is 1.61 bits per heavy atom. The van der Waals surface area contributed by atoms with Gasteiger partial charge in [-0.1, -0.05) is 71.6 Å². The van der Waals surface area contributed by atoms with Crippen molar-refractivity contribution in [2.45, 2.75) is 90.9 Å². The minimum absolute atomic E-state index is 0.310. The molecule has 4 heteroatoms. The minimum atomic E-state index is -0.310. The summed E-state index contributed by atoms with van der Waals surface area (Å²) in [7, 11) is 0. The largest absolute Gasteiger partial charge is 0.493 e. The molecule has 0 atom stereocenters. The zero-order chi connectivity index (χ0) is 21.9. The lowest BCUT2D eigenvalue weighted by Gasteiger charge is -2.28. The second kappa shape index (κ2) is 12.8. The maximum absolute atomic E-state index is 14.6. The number of unbranched alkanes of at least 4 members (excludes halogenated alkanes) is 3. The molecule has 1 aromatic carbocycles. The molecule has 170 valence electrons. The summed E-state index contributed by atoms with van der Waals surface area (Å²) in [6.07, 6.45) is 15.0. The van der Waals surface area contributed by atoms with Crippen LogP contribution in [0.3, 0.4) is 0 Å². The molecular weight excluding hydrogens is 387 g/mol. The summed E-state index contributed by atoms with van der Waals surface area (Å²) in [6, 6.07) is 8.91. The fraction of sp³-hybridized carbons (Fsp3) is 0.630. The molecule has 0 N–H and O–H groups in total. The average molecular weight is 427 g/mol. The number of ether oxygens (including phenoxy) is 1. The lowest BCUT2D eigenvalue weighted by atomic mass is 9.78. The van der Waals surface area contributed by atoms with Crippen molar-refractivity contribution in [3.05, 3.63) is 41.8 Å². The van der Waals surface area contributed by atoms with Crippen LogP contribution in [0.5, 0.6) is 5.75 Å². The second-order valence-electron chi connectivity index (χ2n) is 9.17. The van der Waals surface area contributed by atoms with Gasteiger partial charge in [0.2, 0.25) is 0 Å². The summed E-state index contributed by atoms with van der Waals surface area (Å²) in [5, 5.41) is 8.69. The van der Waals surface area contributed by atoms with Crippen molar-refractivity contribution in [1.82, 2.24) is 10.2 Å². The number of aryl methyl sites for hydroxylation is 1. The van der Waals surface area contributed by atoms with Crippen LogP contribution in [0, 0.1) is 17.7 Å². The molecule has 1 aliphatic rings. The fourth-order valence-electron chi connectivity index (χ4n) is 4.63. The Bertz CT molecular complexity index is 769. The smallest absolute Gasteiger partial charge is 0.136 e. The molecule has 3 nitrogen and oxygen atoms in total. The molecule has 0 radical (unpaired) electrons. The monoisotopic (exact) mass is 426 g/mol. The highest BCUT2D eigenvalue weighted by Gasteiger charge is 2.20. The van der Waals surface area contributed by atoms with E-state index in [2.05, 4.69) is 24.0 Å². The predicted octanol–water partition coefficient (Wildman–Crippen LogP) is 7.78. The van der Waals surface area contributed by atoms with Gasteiger partial charge in [0, 0.05) is 11.6 Å². The third kappa shape index (κ3) is 7.59. The Hall–Kier alpha value is -1.97. The van der Waals surface area contributed by atoms with Crippen LogP contribution in [-0.2, 0) is 6.42 Å². The van der Waals surface area contributed by atoms with Gasteiger partial charge in [-0.25, -0.2) is 4.39 Å². The highest BCUT2D eigenvalue weighted by Crippen LogP contribution is 2.34. The standard InChI is InChI=1S/C27H39FN2O/c1-3-5-7-19-31-24-16-17-25(26(28)20-24)27-18-15-23(29-30-27)14-13-22-11-9-21(10-12-22)8-6-4-2/h15-18,20-22H,3-14,19H2,1-2H3. The van der Waals surface area contributed by atoms with Crippen molar-refractivity contribution in [3.8, 4) is 17.0 Å². The van der Waals surface area contributed by atoms with Crippen molar-refractivity contribution in [2.75, 3.05) is 6.61 Å². The summed E-state index contributed by atoms with van der Waals surface area (Å²) < 4.78 is 20.2. The van der Waals surface area contributed by atoms with Crippen molar-refractivity contribution >= 4 is 0 Å². The zero-order valence-electron chi connectivity index (χ0n) is 19.4. The normalized spacial score (nSPS) is 18.8. The first-order valence-electron chi connectivity index (χ1n) is 12.4. The molecule has 1 aliphatic carbocycles. The van der Waals surface area contributed by atoms with E-state index >= 15 is 0 Å². The van der Waals surface area contributed by atoms with Gasteiger partial charge in [-0.05, 0) is 55.4 Å². The molecule has 1 aromatic heterocycles. The first-order chi connectivity index (χ1) is 15.2. The zero-order valence-corrected chi connectivity index (χ0v) is 19.4. The molecule has 2 aromatic rings. The number of hydrogen-bond donors (Lipinski definition) is 0. The van der Waals surface area contributed by atoms with E-state index in [1.54, 1.807) is 6.07 Å². The van der Waals surface area contributed by atoms with E-state index in [1.807, 2.05) is 18.2 Å². The third-order valence-electron chi connectivity index (χ3n) is 6.69. The van der Waals surface area contributed by atoms with Crippen LogP contribution in [0.1, 0.15) is 90.2 Å². The van der Waals surface area contributed by atoms with E-state index in [0.29, 0.717) is 23.6 Å². The first kappa shape index (κ1) is 23.7. The highest BCUT2D eigenvalue weighted by molar-refractivity contribution is 5.60. The molecular formula is C27H39FN2O. The van der Waals surface area contributed by atoms with E-state index in [9.17, 15) is 4.39 Å². The third-order valence-corrected chi connectivity index (χ3v) is 6.69. The van der Waals surface area contributed by atoms with Gasteiger partial charge in [0.1, 0.15) is 11.6 Å². The maximum atomic E-state index is 14.6. The van der Waals surface area contributed by atoms with Crippen LogP contribution < -0.4 is 4.74 Å². The Morgan fingerprint density at radius 3 is 2.26 bits per heavy atom. The SMILES string of the molecule is CCCCCOc1ccc(-c2ccc(CCC3CCC(CCCC)CC3)nn2)c(F)c1. The van der Waals surface area contributed by atoms with Gasteiger partial charge in [-0.15, -0.1) is 0 Å². The number of aromatic nitrogens is 2. The second-order valence-corrected chi connectivity index (χ2v) is 9.17. The Morgan fingerprint density at radius 1 is 0.871 bits per heavy atom. The van der Waals surface area contributed by atoms with E-state index in [0.717, 1.165) is 43.2 Å². The van der Waals surface area contributed by atoms with Gasteiger partial charge in [-0.3, -0.25) is 0 Å². The molecule has 1 heterocycles. The molecule has 0 bridgehead atoms. The molecule has 1 fully saturated rings. The van der Waals surface area contributed by atoms with Crippen LogP contribution in [0.4, 0.5) is 4.39 Å². The van der Waals surface area contributed by atoms with Crippen molar-refractivity contribution in [3.63, 3.8) is 0 Å². The van der Waals surface area contributed by atoms with E-state index in [4.69, 9.17) is 4.74 Å². The van der Waals surface area contributed by atoms with Gasteiger partial charge >= 0.3 is 0 Å². The van der Waals surface area contributed by atoms with Crippen LogP contribution in [0.2, 0.25) is 0 Å². The molecule has 0 unspecified atom stereocenters. The van der Waals surface area contributed by atoms with Gasteiger partial charge in [0.05, 0.1) is 18.0 Å². The predicted molar refractivity (Wildman–Crippen MR) is 126 cm³/mol. The van der Waals surface area contributed by atoms with Crippen molar-refractivity contribution < 1.29 is 9.13 Å². The van der Waals surface area contributed by atoms with Gasteiger partial charge in [0.15, 0.2) is 0 Å². The fourth-order valence-corrected chi connectivity index (χ4v) is 4.63. The molecule has 3 rings (SSSR count). The number of rotatable bonds is 12. The van der Waals surface area contributed by atoms with Gasteiger partial charge < -0.3 is 4.74 Å². The van der Waals surface area contributed by atoms with Crippen molar-refractivity contribution in [1.29, 1.82) is 0 Å². The number of nitrogens with zero attached hydrogens (tertiary/aromatic N) is 2. The molecule has 0 aliphatic heterocycles. The summed E-state index contributed by atoms with van der Waals surface area (Å²) in [5.41, 5.74) is 2.06. The van der Waals surface area contributed by atoms with E-state index in [-0.39, 0.29) is 5.82 Å². The quantitative estimate of drug-likeness (QED) is 0.325. The lowest BCUT2D eigenvalue weighted by Crippen LogP contribution is -2.15. The summed E-state index contributed by atoms with van der Waals surface area (Å²) in [4.78, 5) is 0. The Kier molecular flexibility index (Phi) is 9.77.